The van der Waals surface area contributed by atoms with Crippen molar-refractivity contribution in [2.45, 2.75) is 341 Å². The van der Waals surface area contributed by atoms with E-state index in [-0.39, 0.29) is 25.7 Å². The smallest absolute Gasteiger partial charge is 0.462 e. The van der Waals surface area contributed by atoms with Crippen molar-refractivity contribution in [2.75, 3.05) is 39.6 Å². The van der Waals surface area contributed by atoms with Gasteiger partial charge in [0, 0.05) is 25.7 Å². The van der Waals surface area contributed by atoms with Gasteiger partial charge in [-0.2, -0.15) is 0 Å². The van der Waals surface area contributed by atoms with Crippen LogP contribution >= 0.6 is 15.6 Å². The summed E-state index contributed by atoms with van der Waals surface area (Å²) in [6.45, 7) is 4.60. The third kappa shape index (κ3) is 70.4. The number of carbonyl (C=O) groups excluding carboxylic acids is 4. The summed E-state index contributed by atoms with van der Waals surface area (Å²) in [5.74, 6) is -2.22. The van der Waals surface area contributed by atoms with E-state index in [2.05, 4.69) is 125 Å². The van der Waals surface area contributed by atoms with Gasteiger partial charge in [0.15, 0.2) is 12.2 Å². The third-order valence-corrected chi connectivity index (χ3v) is 18.0. The summed E-state index contributed by atoms with van der Waals surface area (Å²) in [5.41, 5.74) is 0. The second-order valence-corrected chi connectivity index (χ2v) is 28.5. The first-order valence-corrected chi connectivity index (χ1v) is 41.5. The average molecular weight is 1420 g/mol. The molecule has 0 aliphatic carbocycles. The summed E-state index contributed by atoms with van der Waals surface area (Å²) < 4.78 is 68.4. The van der Waals surface area contributed by atoms with Crippen molar-refractivity contribution < 1.29 is 80.2 Å². The van der Waals surface area contributed by atoms with Crippen LogP contribution in [0.5, 0.6) is 0 Å². The number of unbranched alkanes of at least 4 members (excludes halogenated alkanes) is 30. The Morgan fingerprint density at radius 1 is 0.296 bits per heavy atom. The van der Waals surface area contributed by atoms with E-state index in [9.17, 15) is 43.2 Å². The Balaban J connectivity index is 5.33. The van der Waals surface area contributed by atoms with E-state index in [1.165, 1.54) is 89.9 Å². The molecule has 0 heterocycles. The Bertz CT molecular complexity index is 2240. The lowest BCUT2D eigenvalue weighted by atomic mass is 10.0. The molecule has 0 bridgehead atoms. The Morgan fingerprint density at radius 3 is 0.837 bits per heavy atom. The summed E-state index contributed by atoms with van der Waals surface area (Å²) in [7, 11) is -9.95. The van der Waals surface area contributed by atoms with Crippen molar-refractivity contribution in [3.05, 3.63) is 97.2 Å². The molecule has 0 saturated heterocycles. The van der Waals surface area contributed by atoms with Gasteiger partial charge in [-0.1, -0.05) is 292 Å². The number of phosphoric ester groups is 2. The largest absolute Gasteiger partial charge is 0.472 e. The number of ether oxygens (including phenoxy) is 4. The molecule has 0 saturated carbocycles. The molecule has 566 valence electrons. The van der Waals surface area contributed by atoms with Crippen molar-refractivity contribution in [1.29, 1.82) is 0 Å². The van der Waals surface area contributed by atoms with Gasteiger partial charge in [0.1, 0.15) is 19.3 Å². The van der Waals surface area contributed by atoms with E-state index in [4.69, 9.17) is 37.0 Å². The van der Waals surface area contributed by atoms with Crippen LogP contribution in [0, 0.1) is 0 Å². The lowest BCUT2D eigenvalue weighted by Gasteiger charge is -2.21. The minimum Gasteiger partial charge on any atom is -0.462 e. The van der Waals surface area contributed by atoms with Gasteiger partial charge in [0.25, 0.3) is 0 Å². The molecular formula is C79H138O17P2. The van der Waals surface area contributed by atoms with Gasteiger partial charge in [-0.25, -0.2) is 9.13 Å². The van der Waals surface area contributed by atoms with Gasteiger partial charge in [-0.3, -0.25) is 37.3 Å². The molecule has 98 heavy (non-hydrogen) atoms. The minimum absolute atomic E-state index is 0.0886. The lowest BCUT2D eigenvalue weighted by Crippen LogP contribution is -2.30. The zero-order valence-corrected chi connectivity index (χ0v) is 63.5. The second kappa shape index (κ2) is 71.4. The normalized spacial score (nSPS) is 14.5. The monoisotopic (exact) mass is 1420 g/mol. The lowest BCUT2D eigenvalue weighted by molar-refractivity contribution is -0.161. The molecule has 0 aromatic carbocycles. The number of allylic oxidation sites excluding steroid dienone is 16. The van der Waals surface area contributed by atoms with E-state index in [0.29, 0.717) is 25.7 Å². The number of aliphatic hydroxyl groups excluding tert-OH is 1. The Kier molecular flexibility index (Phi) is 68.4. The maximum absolute atomic E-state index is 13.1. The van der Waals surface area contributed by atoms with Gasteiger partial charge in [0.05, 0.1) is 26.4 Å². The Labute approximate surface area is 595 Å². The molecule has 0 amide bonds. The van der Waals surface area contributed by atoms with Gasteiger partial charge >= 0.3 is 39.5 Å². The number of hydrogen-bond donors (Lipinski definition) is 3. The molecule has 0 spiro atoms. The SMILES string of the molecule is CC/C=C\C/C=C\C/C=C\C/C=C\CCCCCCCCC(=O)OCC(COP(=O)(O)OCC(O)COP(=O)(O)OCC(COC(=O)CCCC/C=C\C/C=C\C/C=C\C/C=C\CC)OC(=O)CCCCCCCCCCCCC)OC(=O)CCCCCCCCCCCCCCC. The first kappa shape index (κ1) is 94.0. The first-order valence-electron chi connectivity index (χ1n) is 38.5. The number of rotatable bonds is 72. The molecule has 19 heteroatoms. The molecule has 0 aliphatic rings. The number of hydrogen-bond acceptors (Lipinski definition) is 15. The molecule has 3 N–H and O–H groups in total. The zero-order valence-electron chi connectivity index (χ0n) is 61.7. The average Bonchev–Trinajstić information content (AvgIpc) is 0.972. The summed E-state index contributed by atoms with van der Waals surface area (Å²) in [4.78, 5) is 72.8. The zero-order chi connectivity index (χ0) is 71.8. The van der Waals surface area contributed by atoms with Crippen LogP contribution in [-0.2, 0) is 65.4 Å². The molecule has 0 aliphatic heterocycles. The standard InChI is InChI=1S/C79H138O17P2/c1-5-9-13-17-21-25-29-32-34-35-36-37-39-42-45-48-52-56-60-64-77(82)90-70-75(96-79(84)66-62-58-54-50-46-40-31-27-23-19-15-11-7-3)72-94-98(87,88)92-68-73(80)67-91-97(85,86)93-71-74(95-78(83)65-61-57-53-49-43-28-24-20-16-12-8-4)69-89-76(81)63-59-55-51-47-44-41-38-33-30-26-22-18-14-10-6-2/h9-10,13-14,21-22,25-26,32-34,36-38,44,47,73-75,80H,5-8,11-12,15-20,23-24,27-31,35,39-43,45-46,48-72H2,1-4H3,(H,85,86)(H,87,88)/b13-9-,14-10-,25-21-,26-22-,34-32-,37-36-,38-33-,47-44-. The summed E-state index contributed by atoms with van der Waals surface area (Å²) >= 11 is 0. The molecule has 0 rings (SSSR count). The van der Waals surface area contributed by atoms with Crippen molar-refractivity contribution in [3.63, 3.8) is 0 Å². The Hall–Kier alpha value is -4.02. The molecule has 0 radical (unpaired) electrons. The highest BCUT2D eigenvalue weighted by Crippen LogP contribution is 2.45. The predicted octanol–water partition coefficient (Wildman–Crippen LogP) is 22.0. The summed E-state index contributed by atoms with van der Waals surface area (Å²) in [5, 5.41) is 10.6. The number of carbonyl (C=O) groups is 4. The van der Waals surface area contributed by atoms with Gasteiger partial charge in [0.2, 0.25) is 0 Å². The quantitative estimate of drug-likeness (QED) is 0.0169. The first-order chi connectivity index (χ1) is 47.7. The third-order valence-electron chi connectivity index (χ3n) is 16.1. The fourth-order valence-corrected chi connectivity index (χ4v) is 11.8. The molecule has 5 atom stereocenters. The highest BCUT2D eigenvalue weighted by atomic mass is 31.2. The van der Waals surface area contributed by atoms with Crippen LogP contribution in [0.25, 0.3) is 0 Å². The fraction of sp³-hybridized carbons (Fsp3) is 0.747. The van der Waals surface area contributed by atoms with Crippen molar-refractivity contribution in [1.82, 2.24) is 0 Å². The molecule has 0 aromatic heterocycles. The number of aliphatic hydroxyl groups is 1. The van der Waals surface area contributed by atoms with Crippen LogP contribution in [-0.4, -0.2) is 96.7 Å². The molecule has 0 fully saturated rings. The fourth-order valence-electron chi connectivity index (χ4n) is 10.3. The van der Waals surface area contributed by atoms with Crippen LogP contribution in [0.4, 0.5) is 0 Å². The van der Waals surface area contributed by atoms with Crippen molar-refractivity contribution >= 4 is 39.5 Å². The van der Waals surface area contributed by atoms with Gasteiger partial charge < -0.3 is 33.8 Å². The van der Waals surface area contributed by atoms with Crippen LogP contribution < -0.4 is 0 Å². The number of esters is 4. The van der Waals surface area contributed by atoms with E-state index in [0.717, 1.165) is 154 Å². The molecule has 0 aromatic rings. The van der Waals surface area contributed by atoms with Gasteiger partial charge in [-0.15, -0.1) is 0 Å². The van der Waals surface area contributed by atoms with Crippen LogP contribution in [0.3, 0.4) is 0 Å². The van der Waals surface area contributed by atoms with Crippen molar-refractivity contribution in [2.24, 2.45) is 0 Å². The topological polar surface area (TPSA) is 237 Å². The maximum Gasteiger partial charge on any atom is 0.472 e. The maximum atomic E-state index is 13.1. The minimum atomic E-state index is -4.98. The van der Waals surface area contributed by atoms with Gasteiger partial charge in [-0.05, 0) is 103 Å². The van der Waals surface area contributed by atoms with E-state index in [1.807, 2.05) is 0 Å². The predicted molar refractivity (Wildman–Crippen MR) is 399 cm³/mol. The summed E-state index contributed by atoms with van der Waals surface area (Å²) in [6.07, 6.45) is 74.0. The van der Waals surface area contributed by atoms with Crippen molar-refractivity contribution in [3.8, 4) is 0 Å². The van der Waals surface area contributed by atoms with Crippen LogP contribution in [0.15, 0.2) is 97.2 Å². The van der Waals surface area contributed by atoms with E-state index in [1.54, 1.807) is 0 Å². The Morgan fingerprint density at radius 2 is 0.531 bits per heavy atom. The highest BCUT2D eigenvalue weighted by Gasteiger charge is 2.30. The van der Waals surface area contributed by atoms with E-state index < -0.39 is 97.5 Å². The molecule has 17 nitrogen and oxygen atoms in total. The molecule has 5 unspecified atom stereocenters. The highest BCUT2D eigenvalue weighted by molar-refractivity contribution is 7.47. The van der Waals surface area contributed by atoms with Crippen LogP contribution in [0.2, 0.25) is 0 Å². The molecular weight excluding hydrogens is 1280 g/mol. The van der Waals surface area contributed by atoms with E-state index >= 15 is 0 Å². The van der Waals surface area contributed by atoms with Crippen LogP contribution in [0.1, 0.15) is 323 Å². The second-order valence-electron chi connectivity index (χ2n) is 25.5. The summed E-state index contributed by atoms with van der Waals surface area (Å²) in [6, 6.07) is 0. The number of phosphoric acid groups is 2.